The van der Waals surface area contributed by atoms with Crippen molar-refractivity contribution in [1.82, 2.24) is 5.32 Å². The highest BCUT2D eigenvalue weighted by atomic mass is 35.5. The van der Waals surface area contributed by atoms with Gasteiger partial charge in [-0.1, -0.05) is 6.42 Å². The second-order valence-electron chi connectivity index (χ2n) is 3.40. The molecule has 1 saturated heterocycles. The maximum absolute atomic E-state index is 5.60. The highest BCUT2D eigenvalue weighted by Gasteiger charge is 2.11. The van der Waals surface area contributed by atoms with Crippen molar-refractivity contribution in [2.24, 2.45) is 5.92 Å². The molecule has 0 radical (unpaired) electrons. The number of rotatable bonds is 4. The van der Waals surface area contributed by atoms with Crippen molar-refractivity contribution < 1.29 is 0 Å². The molecule has 1 aliphatic heterocycles. The lowest BCUT2D eigenvalue weighted by molar-refractivity contribution is 0.350. The molecule has 0 bridgehead atoms. The SMILES string of the molecule is ClCCCC[C@H]1CCCNC1. The van der Waals surface area contributed by atoms with E-state index in [0.29, 0.717) is 0 Å². The summed E-state index contributed by atoms with van der Waals surface area (Å²) >= 11 is 5.60. The lowest BCUT2D eigenvalue weighted by atomic mass is 9.94. The lowest BCUT2D eigenvalue weighted by Gasteiger charge is -2.22. The van der Waals surface area contributed by atoms with Gasteiger partial charge in [0.2, 0.25) is 0 Å². The summed E-state index contributed by atoms with van der Waals surface area (Å²) in [6.45, 7) is 2.47. The molecule has 0 aromatic rings. The van der Waals surface area contributed by atoms with Crippen molar-refractivity contribution in [3.63, 3.8) is 0 Å². The van der Waals surface area contributed by atoms with Gasteiger partial charge in [0.1, 0.15) is 0 Å². The topological polar surface area (TPSA) is 12.0 Å². The Bertz CT molecular complexity index is 89.6. The van der Waals surface area contributed by atoms with Gasteiger partial charge in [0.25, 0.3) is 0 Å². The van der Waals surface area contributed by atoms with E-state index < -0.39 is 0 Å². The van der Waals surface area contributed by atoms with E-state index in [1.165, 1.54) is 45.2 Å². The van der Waals surface area contributed by atoms with Crippen LogP contribution in [0.5, 0.6) is 0 Å². The first-order valence-corrected chi connectivity index (χ1v) is 5.23. The van der Waals surface area contributed by atoms with Crippen molar-refractivity contribution in [3.8, 4) is 0 Å². The fourth-order valence-corrected chi connectivity index (χ4v) is 1.89. The molecular weight excluding hydrogens is 158 g/mol. The van der Waals surface area contributed by atoms with E-state index in [-0.39, 0.29) is 0 Å². The molecular formula is C9H18ClN. The summed E-state index contributed by atoms with van der Waals surface area (Å²) in [6.07, 6.45) is 6.68. The summed E-state index contributed by atoms with van der Waals surface area (Å²) in [5.41, 5.74) is 0. The zero-order chi connectivity index (χ0) is 7.94. The molecule has 2 heteroatoms. The number of alkyl halides is 1. The zero-order valence-corrected chi connectivity index (χ0v) is 7.87. The van der Waals surface area contributed by atoms with E-state index in [1.54, 1.807) is 0 Å². The Morgan fingerprint density at radius 2 is 2.27 bits per heavy atom. The van der Waals surface area contributed by atoms with Crippen LogP contribution in [-0.2, 0) is 0 Å². The van der Waals surface area contributed by atoms with Crippen LogP contribution in [0.15, 0.2) is 0 Å². The van der Waals surface area contributed by atoms with Gasteiger partial charge >= 0.3 is 0 Å². The van der Waals surface area contributed by atoms with E-state index >= 15 is 0 Å². The normalized spacial score (nSPS) is 25.4. The standard InChI is InChI=1S/C9H18ClN/c10-6-2-1-4-9-5-3-7-11-8-9/h9,11H,1-8H2/t9-/m0/s1. The first kappa shape index (κ1) is 9.34. The molecule has 0 unspecified atom stereocenters. The van der Waals surface area contributed by atoms with E-state index in [4.69, 9.17) is 11.6 Å². The van der Waals surface area contributed by atoms with Gasteiger partial charge in [0.05, 0.1) is 0 Å². The first-order chi connectivity index (χ1) is 5.43. The molecule has 0 amide bonds. The predicted molar refractivity (Wildman–Crippen MR) is 50.2 cm³/mol. The van der Waals surface area contributed by atoms with Crippen LogP contribution >= 0.6 is 11.6 Å². The molecule has 1 rings (SSSR count). The molecule has 1 N–H and O–H groups in total. The van der Waals surface area contributed by atoms with E-state index in [0.717, 1.165) is 11.8 Å². The third-order valence-electron chi connectivity index (χ3n) is 2.39. The fraction of sp³-hybridized carbons (Fsp3) is 1.00. The maximum atomic E-state index is 5.60. The van der Waals surface area contributed by atoms with E-state index in [1.807, 2.05) is 0 Å². The molecule has 0 aromatic carbocycles. The molecule has 1 fully saturated rings. The van der Waals surface area contributed by atoms with Crippen LogP contribution in [0.3, 0.4) is 0 Å². The van der Waals surface area contributed by atoms with Gasteiger partial charge in [-0.2, -0.15) is 0 Å². The number of hydrogen-bond donors (Lipinski definition) is 1. The molecule has 1 heterocycles. The second kappa shape index (κ2) is 5.84. The Morgan fingerprint density at radius 3 is 2.91 bits per heavy atom. The third-order valence-corrected chi connectivity index (χ3v) is 2.66. The van der Waals surface area contributed by atoms with Gasteiger partial charge in [0.15, 0.2) is 0 Å². The lowest BCUT2D eigenvalue weighted by Crippen LogP contribution is -2.29. The van der Waals surface area contributed by atoms with Gasteiger partial charge < -0.3 is 5.32 Å². The van der Waals surface area contributed by atoms with E-state index in [2.05, 4.69) is 5.32 Å². The number of halogens is 1. The number of piperidine rings is 1. The van der Waals surface area contributed by atoms with Gasteiger partial charge in [-0.05, 0) is 44.7 Å². The summed E-state index contributed by atoms with van der Waals surface area (Å²) < 4.78 is 0. The van der Waals surface area contributed by atoms with Crippen molar-refractivity contribution in [2.75, 3.05) is 19.0 Å². The summed E-state index contributed by atoms with van der Waals surface area (Å²) in [6, 6.07) is 0. The Morgan fingerprint density at radius 1 is 1.36 bits per heavy atom. The Hall–Kier alpha value is 0.250. The zero-order valence-electron chi connectivity index (χ0n) is 7.11. The Balaban J connectivity index is 1.96. The van der Waals surface area contributed by atoms with Crippen molar-refractivity contribution in [2.45, 2.75) is 32.1 Å². The van der Waals surface area contributed by atoms with Gasteiger partial charge in [-0.25, -0.2) is 0 Å². The van der Waals surface area contributed by atoms with Crippen LogP contribution < -0.4 is 5.32 Å². The average molecular weight is 176 g/mol. The minimum Gasteiger partial charge on any atom is -0.316 e. The summed E-state index contributed by atoms with van der Waals surface area (Å²) in [4.78, 5) is 0. The molecule has 1 aliphatic rings. The molecule has 66 valence electrons. The monoisotopic (exact) mass is 175 g/mol. The number of hydrogen-bond acceptors (Lipinski definition) is 1. The third kappa shape index (κ3) is 3.97. The average Bonchev–Trinajstić information content (AvgIpc) is 2.07. The maximum Gasteiger partial charge on any atom is 0.0223 e. The van der Waals surface area contributed by atoms with Crippen molar-refractivity contribution in [1.29, 1.82) is 0 Å². The Kier molecular flexibility index (Phi) is 4.96. The Labute approximate surface area is 74.5 Å². The quantitative estimate of drug-likeness (QED) is 0.511. The van der Waals surface area contributed by atoms with Crippen LogP contribution in [0, 0.1) is 5.92 Å². The number of unbranched alkanes of at least 4 members (excludes halogenated alkanes) is 1. The summed E-state index contributed by atoms with van der Waals surface area (Å²) in [5, 5.41) is 3.43. The molecule has 0 aliphatic carbocycles. The molecule has 1 atom stereocenters. The van der Waals surface area contributed by atoms with Crippen LogP contribution in [0.1, 0.15) is 32.1 Å². The first-order valence-electron chi connectivity index (χ1n) is 4.70. The number of nitrogens with one attached hydrogen (secondary N) is 1. The molecule has 11 heavy (non-hydrogen) atoms. The molecule has 0 aromatic heterocycles. The second-order valence-corrected chi connectivity index (χ2v) is 3.78. The van der Waals surface area contributed by atoms with Crippen LogP contribution in [0.4, 0.5) is 0 Å². The smallest absolute Gasteiger partial charge is 0.0223 e. The van der Waals surface area contributed by atoms with Gasteiger partial charge in [0, 0.05) is 5.88 Å². The van der Waals surface area contributed by atoms with Crippen LogP contribution in [-0.4, -0.2) is 19.0 Å². The summed E-state index contributed by atoms with van der Waals surface area (Å²) in [5.74, 6) is 1.77. The highest BCUT2D eigenvalue weighted by molar-refractivity contribution is 6.17. The molecule has 0 spiro atoms. The largest absolute Gasteiger partial charge is 0.316 e. The van der Waals surface area contributed by atoms with Crippen LogP contribution in [0.25, 0.3) is 0 Å². The predicted octanol–water partition coefficient (Wildman–Crippen LogP) is 2.40. The highest BCUT2D eigenvalue weighted by Crippen LogP contribution is 2.16. The minimum atomic E-state index is 0.833. The fourth-order valence-electron chi connectivity index (χ4n) is 1.70. The van der Waals surface area contributed by atoms with Crippen LogP contribution in [0.2, 0.25) is 0 Å². The van der Waals surface area contributed by atoms with Gasteiger partial charge in [-0.3, -0.25) is 0 Å². The molecule has 1 nitrogen and oxygen atoms in total. The summed E-state index contributed by atoms with van der Waals surface area (Å²) in [7, 11) is 0. The van der Waals surface area contributed by atoms with Crippen molar-refractivity contribution >= 4 is 11.6 Å². The minimum absolute atomic E-state index is 0.833. The van der Waals surface area contributed by atoms with Crippen molar-refractivity contribution in [3.05, 3.63) is 0 Å². The van der Waals surface area contributed by atoms with Gasteiger partial charge in [-0.15, -0.1) is 11.6 Å². The molecule has 0 saturated carbocycles. The van der Waals surface area contributed by atoms with E-state index in [9.17, 15) is 0 Å².